The summed E-state index contributed by atoms with van der Waals surface area (Å²) in [4.78, 5) is 13.8. The zero-order chi connectivity index (χ0) is 16.1. The predicted molar refractivity (Wildman–Crippen MR) is 87.8 cm³/mol. The van der Waals surface area contributed by atoms with Gasteiger partial charge in [0, 0.05) is 11.6 Å². The molecule has 0 aliphatic heterocycles. The Bertz CT molecular complexity index is 662. The van der Waals surface area contributed by atoms with Crippen molar-refractivity contribution in [3.05, 3.63) is 63.9 Å². The number of amides is 1. The van der Waals surface area contributed by atoms with Crippen LogP contribution in [-0.2, 0) is 11.3 Å². The number of nitrogens with zero attached hydrogens (tertiary/aromatic N) is 1. The molecule has 0 aromatic heterocycles. The number of anilines is 1. The van der Waals surface area contributed by atoms with Crippen molar-refractivity contribution < 1.29 is 9.18 Å². The first-order chi connectivity index (χ1) is 10.4. The largest absolute Gasteiger partial charge is 0.324 e. The molecular formula is C16H15Cl2FN2O. The van der Waals surface area contributed by atoms with Crippen LogP contribution in [0.4, 0.5) is 10.1 Å². The Morgan fingerprint density at radius 2 is 1.86 bits per heavy atom. The highest BCUT2D eigenvalue weighted by Crippen LogP contribution is 2.22. The molecule has 0 heterocycles. The number of carbonyl (C=O) groups excluding carboxylic acids is 1. The van der Waals surface area contributed by atoms with Gasteiger partial charge >= 0.3 is 0 Å². The van der Waals surface area contributed by atoms with Crippen molar-refractivity contribution in [2.75, 3.05) is 18.9 Å². The van der Waals surface area contributed by atoms with E-state index in [1.54, 1.807) is 0 Å². The highest BCUT2D eigenvalue weighted by molar-refractivity contribution is 6.33. The molecule has 0 saturated heterocycles. The maximum absolute atomic E-state index is 13.0. The second-order valence-corrected chi connectivity index (χ2v) is 5.81. The molecular weight excluding hydrogens is 326 g/mol. The summed E-state index contributed by atoms with van der Waals surface area (Å²) in [5.41, 5.74) is 1.45. The lowest BCUT2D eigenvalue weighted by atomic mass is 10.2. The van der Waals surface area contributed by atoms with Gasteiger partial charge in [0.05, 0.1) is 17.3 Å². The minimum atomic E-state index is -0.442. The van der Waals surface area contributed by atoms with Crippen LogP contribution in [0.25, 0.3) is 0 Å². The third-order valence-electron chi connectivity index (χ3n) is 2.98. The Kier molecular flexibility index (Phi) is 5.77. The van der Waals surface area contributed by atoms with Crippen molar-refractivity contribution >= 4 is 34.8 Å². The van der Waals surface area contributed by atoms with E-state index in [9.17, 15) is 9.18 Å². The fraction of sp³-hybridized carbons (Fsp3) is 0.188. The Hall–Kier alpha value is -1.62. The van der Waals surface area contributed by atoms with Crippen molar-refractivity contribution in [1.82, 2.24) is 4.90 Å². The van der Waals surface area contributed by atoms with E-state index in [4.69, 9.17) is 23.2 Å². The van der Waals surface area contributed by atoms with Crippen LogP contribution in [-0.4, -0.2) is 24.4 Å². The number of benzene rings is 2. The Morgan fingerprint density at radius 1 is 1.18 bits per heavy atom. The van der Waals surface area contributed by atoms with Gasteiger partial charge in [-0.15, -0.1) is 0 Å². The Morgan fingerprint density at radius 3 is 2.50 bits per heavy atom. The first kappa shape index (κ1) is 16.7. The van der Waals surface area contributed by atoms with Crippen molar-refractivity contribution in [2.24, 2.45) is 0 Å². The standard InChI is InChI=1S/C16H15Cl2FN2O/c1-21(9-11-2-4-12(17)5-3-11)10-16(22)20-15-7-6-13(19)8-14(15)18/h2-8H,9-10H2,1H3,(H,20,22). The number of halogens is 3. The predicted octanol–water partition coefficient (Wildman–Crippen LogP) is 4.20. The minimum absolute atomic E-state index is 0.175. The van der Waals surface area contributed by atoms with Crippen LogP contribution >= 0.6 is 23.2 Å². The summed E-state index contributed by atoms with van der Waals surface area (Å²) in [6.07, 6.45) is 0. The van der Waals surface area contributed by atoms with E-state index >= 15 is 0 Å². The zero-order valence-corrected chi connectivity index (χ0v) is 13.5. The number of likely N-dealkylation sites (N-methyl/N-ethyl adjacent to an activating group) is 1. The first-order valence-corrected chi connectivity index (χ1v) is 7.37. The summed E-state index contributed by atoms with van der Waals surface area (Å²) in [5.74, 6) is -0.659. The van der Waals surface area contributed by atoms with Gasteiger partial charge in [-0.05, 0) is 42.9 Å². The lowest BCUT2D eigenvalue weighted by Crippen LogP contribution is -2.29. The second-order valence-electron chi connectivity index (χ2n) is 4.97. The van der Waals surface area contributed by atoms with Crippen molar-refractivity contribution in [3.63, 3.8) is 0 Å². The fourth-order valence-corrected chi connectivity index (χ4v) is 2.32. The van der Waals surface area contributed by atoms with Gasteiger partial charge in [-0.3, -0.25) is 9.69 Å². The molecule has 0 fully saturated rings. The maximum atomic E-state index is 13.0. The molecule has 0 spiro atoms. The van der Waals surface area contributed by atoms with Gasteiger partial charge in [0.1, 0.15) is 5.82 Å². The number of hydrogen-bond acceptors (Lipinski definition) is 2. The summed E-state index contributed by atoms with van der Waals surface area (Å²) < 4.78 is 13.0. The van der Waals surface area contributed by atoms with Crippen molar-refractivity contribution in [2.45, 2.75) is 6.54 Å². The van der Waals surface area contributed by atoms with Gasteiger partial charge in [-0.2, -0.15) is 0 Å². The summed E-state index contributed by atoms with van der Waals surface area (Å²) in [6.45, 7) is 0.804. The highest BCUT2D eigenvalue weighted by atomic mass is 35.5. The third kappa shape index (κ3) is 4.98. The summed E-state index contributed by atoms with van der Waals surface area (Å²) in [5, 5.41) is 3.51. The van der Waals surface area contributed by atoms with Gasteiger partial charge in [-0.25, -0.2) is 4.39 Å². The van der Waals surface area contributed by atoms with Crippen LogP contribution in [0.5, 0.6) is 0 Å². The normalized spacial score (nSPS) is 10.8. The Labute approximate surface area is 138 Å². The molecule has 0 bridgehead atoms. The van der Waals surface area contributed by atoms with E-state index in [0.717, 1.165) is 11.6 Å². The smallest absolute Gasteiger partial charge is 0.238 e. The highest BCUT2D eigenvalue weighted by Gasteiger charge is 2.10. The Balaban J connectivity index is 1.89. The van der Waals surface area contributed by atoms with Gasteiger partial charge in [0.25, 0.3) is 0 Å². The monoisotopic (exact) mass is 340 g/mol. The molecule has 22 heavy (non-hydrogen) atoms. The van der Waals surface area contributed by atoms with E-state index in [-0.39, 0.29) is 17.5 Å². The van der Waals surface area contributed by atoms with Crippen LogP contribution in [0, 0.1) is 5.82 Å². The molecule has 0 atom stereocenters. The molecule has 1 amide bonds. The molecule has 2 aromatic carbocycles. The topological polar surface area (TPSA) is 32.3 Å². The van der Waals surface area contributed by atoms with Gasteiger partial charge < -0.3 is 5.32 Å². The second kappa shape index (κ2) is 7.58. The molecule has 2 aromatic rings. The molecule has 0 unspecified atom stereocenters. The van der Waals surface area contributed by atoms with Crippen LogP contribution in [0.2, 0.25) is 10.0 Å². The van der Waals surface area contributed by atoms with E-state index in [0.29, 0.717) is 17.3 Å². The molecule has 0 aliphatic rings. The van der Waals surface area contributed by atoms with E-state index in [1.165, 1.54) is 12.1 Å². The average Bonchev–Trinajstić information content (AvgIpc) is 2.44. The molecule has 0 saturated carbocycles. The van der Waals surface area contributed by atoms with E-state index < -0.39 is 5.82 Å². The van der Waals surface area contributed by atoms with Gasteiger partial charge in [0.15, 0.2) is 0 Å². The number of carbonyl (C=O) groups is 1. The fourth-order valence-electron chi connectivity index (χ4n) is 1.98. The lowest BCUT2D eigenvalue weighted by molar-refractivity contribution is -0.117. The maximum Gasteiger partial charge on any atom is 0.238 e. The summed E-state index contributed by atoms with van der Waals surface area (Å²) in [6, 6.07) is 11.3. The van der Waals surface area contributed by atoms with Crippen LogP contribution < -0.4 is 5.32 Å². The molecule has 2 rings (SSSR count). The van der Waals surface area contributed by atoms with E-state index in [1.807, 2.05) is 36.2 Å². The van der Waals surface area contributed by atoms with Gasteiger partial charge in [-0.1, -0.05) is 35.3 Å². The average molecular weight is 341 g/mol. The zero-order valence-electron chi connectivity index (χ0n) is 11.9. The van der Waals surface area contributed by atoms with Crippen molar-refractivity contribution in [3.8, 4) is 0 Å². The van der Waals surface area contributed by atoms with Crippen LogP contribution in [0.3, 0.4) is 0 Å². The molecule has 1 N–H and O–H groups in total. The molecule has 116 valence electrons. The van der Waals surface area contributed by atoms with Crippen LogP contribution in [0.15, 0.2) is 42.5 Å². The third-order valence-corrected chi connectivity index (χ3v) is 3.55. The lowest BCUT2D eigenvalue weighted by Gasteiger charge is -2.16. The first-order valence-electron chi connectivity index (χ1n) is 6.62. The van der Waals surface area contributed by atoms with Crippen LogP contribution in [0.1, 0.15) is 5.56 Å². The van der Waals surface area contributed by atoms with E-state index in [2.05, 4.69) is 5.32 Å². The molecule has 3 nitrogen and oxygen atoms in total. The molecule has 0 aliphatic carbocycles. The van der Waals surface area contributed by atoms with Crippen molar-refractivity contribution in [1.29, 1.82) is 0 Å². The quantitative estimate of drug-likeness (QED) is 0.884. The molecule has 0 radical (unpaired) electrons. The number of hydrogen-bond donors (Lipinski definition) is 1. The minimum Gasteiger partial charge on any atom is -0.324 e. The summed E-state index contributed by atoms with van der Waals surface area (Å²) in [7, 11) is 1.83. The molecule has 6 heteroatoms. The summed E-state index contributed by atoms with van der Waals surface area (Å²) >= 11 is 11.7. The van der Waals surface area contributed by atoms with Gasteiger partial charge in [0.2, 0.25) is 5.91 Å². The SMILES string of the molecule is CN(CC(=O)Nc1ccc(F)cc1Cl)Cc1ccc(Cl)cc1. The number of nitrogens with one attached hydrogen (secondary N) is 1. The number of rotatable bonds is 5.